The molecule has 0 unspecified atom stereocenters. The van der Waals surface area contributed by atoms with Crippen molar-refractivity contribution in [3.63, 3.8) is 0 Å². The van der Waals surface area contributed by atoms with E-state index in [1.54, 1.807) is 60.7 Å². The Balaban J connectivity index is 1.32. The molecule has 12 rings (SSSR count). The normalized spacial score (nSPS) is 17.0. The van der Waals surface area contributed by atoms with Crippen LogP contribution in [0.5, 0.6) is 0 Å². The number of rotatable bonds is 5. The topological polar surface area (TPSA) is 61.7 Å². The summed E-state index contributed by atoms with van der Waals surface area (Å²) in [7, 11) is 0. The summed E-state index contributed by atoms with van der Waals surface area (Å²) in [6, 6.07) is 2.26. The molecule has 57 heavy (non-hydrogen) atoms. The minimum absolute atomic E-state index is 0.196. The maximum Gasteiger partial charge on any atom is 0.238 e. The van der Waals surface area contributed by atoms with Gasteiger partial charge in [-0.2, -0.15) is 9.97 Å². The van der Waals surface area contributed by atoms with Crippen LogP contribution in [-0.4, -0.2) is 24.1 Å². The highest BCUT2D eigenvalue weighted by Crippen LogP contribution is 2.44. The van der Waals surface area contributed by atoms with Crippen molar-refractivity contribution in [1.82, 2.24) is 24.1 Å². The molecule has 0 atom stereocenters. The molecule has 12 aromatic rings. The fraction of sp³-hybridized carbons (Fsp3) is 0. The Morgan fingerprint density at radius 3 is 1.60 bits per heavy atom. The molecule has 0 spiro atoms. The first-order valence-corrected chi connectivity index (χ1v) is 17.4. The standard InChI is InChI=1S/C51H31N5O/c1-4-16-32(17-5-1)41-30-35(31-42-38-24-12-15-27-45(38)57-48(41)42)55-43-25-13-10-22-36(43)39-28-29-40-37-23-11-14-26-44(37)56(47(40)46(39)55)51-53-49(33-18-6-2-7-19-33)52-50(54-51)34-20-8-3-9-21-34/h1-31H/i1D,2D,3D,4D,5D,6D,7D,8D,9D,12D,15D,16D,17D,18D,19D,20D,21D,24D,27D,30D,31D. The number of nitrogens with zero attached hydrogens (tertiary/aromatic N) is 5. The van der Waals surface area contributed by atoms with Crippen LogP contribution in [0.1, 0.15) is 28.8 Å². The van der Waals surface area contributed by atoms with Gasteiger partial charge in [-0.3, -0.25) is 4.57 Å². The summed E-state index contributed by atoms with van der Waals surface area (Å²) in [5.41, 5.74) is -2.10. The van der Waals surface area contributed by atoms with Gasteiger partial charge in [-0.15, -0.1) is 0 Å². The molecule has 0 N–H and O–H groups in total. The van der Waals surface area contributed by atoms with E-state index in [2.05, 4.69) is 4.98 Å². The van der Waals surface area contributed by atoms with Gasteiger partial charge in [0.05, 0.1) is 50.9 Å². The van der Waals surface area contributed by atoms with Crippen molar-refractivity contribution in [2.45, 2.75) is 0 Å². The van der Waals surface area contributed by atoms with E-state index < -0.39 is 172 Å². The molecule has 4 aromatic heterocycles. The summed E-state index contributed by atoms with van der Waals surface area (Å²) in [4.78, 5) is 14.0. The smallest absolute Gasteiger partial charge is 0.238 e. The second kappa shape index (κ2) is 12.3. The van der Waals surface area contributed by atoms with Gasteiger partial charge >= 0.3 is 0 Å². The molecule has 8 aromatic carbocycles. The van der Waals surface area contributed by atoms with Gasteiger partial charge in [0.15, 0.2) is 11.6 Å². The predicted octanol–water partition coefficient (Wildman–Crippen LogP) is 13.0. The first-order valence-electron chi connectivity index (χ1n) is 27.9. The molecule has 0 saturated heterocycles. The lowest BCUT2D eigenvalue weighted by atomic mass is 10.0. The fourth-order valence-corrected chi connectivity index (χ4v) is 7.46. The van der Waals surface area contributed by atoms with Crippen molar-refractivity contribution in [1.29, 1.82) is 0 Å². The van der Waals surface area contributed by atoms with E-state index >= 15 is 0 Å². The van der Waals surface area contributed by atoms with Gasteiger partial charge in [0.25, 0.3) is 0 Å². The molecule has 0 bridgehead atoms. The Morgan fingerprint density at radius 2 is 0.965 bits per heavy atom. The summed E-state index contributed by atoms with van der Waals surface area (Å²) >= 11 is 0. The van der Waals surface area contributed by atoms with Crippen LogP contribution in [0.4, 0.5) is 0 Å². The van der Waals surface area contributed by atoms with Crippen LogP contribution in [0.3, 0.4) is 0 Å². The summed E-state index contributed by atoms with van der Waals surface area (Å²) in [5.74, 6) is -1.47. The molecule has 0 aliphatic carbocycles. The van der Waals surface area contributed by atoms with E-state index in [0.29, 0.717) is 32.6 Å². The van der Waals surface area contributed by atoms with E-state index in [-0.39, 0.29) is 33.4 Å². The lowest BCUT2D eigenvalue weighted by molar-refractivity contribution is 0.670. The molecule has 0 radical (unpaired) electrons. The highest BCUT2D eigenvalue weighted by Gasteiger charge is 2.24. The summed E-state index contributed by atoms with van der Waals surface area (Å²) in [6.45, 7) is 0. The quantitative estimate of drug-likeness (QED) is 0.176. The first kappa shape index (κ1) is 17.3. The average Bonchev–Trinajstić information content (AvgIpc) is 4.22. The number of hydrogen-bond donors (Lipinski definition) is 0. The molecule has 4 heterocycles. The molecule has 0 aliphatic rings. The number of furan rings is 1. The van der Waals surface area contributed by atoms with Gasteiger partial charge in [-0.25, -0.2) is 4.98 Å². The Labute approximate surface area is 356 Å². The second-order valence-electron chi connectivity index (χ2n) is 12.8. The maximum absolute atomic E-state index is 10.2. The van der Waals surface area contributed by atoms with Crippen LogP contribution in [-0.2, 0) is 0 Å². The minimum Gasteiger partial charge on any atom is -0.455 e. The zero-order chi connectivity index (χ0) is 55.7. The number of para-hydroxylation sites is 3. The van der Waals surface area contributed by atoms with Crippen LogP contribution >= 0.6 is 0 Å². The Morgan fingerprint density at radius 1 is 0.439 bits per heavy atom. The molecule has 0 aliphatic heterocycles. The number of hydrogen-bond acceptors (Lipinski definition) is 4. The first-order chi connectivity index (χ1) is 37.0. The molecule has 6 heteroatoms. The van der Waals surface area contributed by atoms with Crippen LogP contribution in [0.15, 0.2) is 192 Å². The van der Waals surface area contributed by atoms with Crippen LogP contribution in [0, 0.1) is 0 Å². The van der Waals surface area contributed by atoms with Gasteiger partial charge in [0.1, 0.15) is 11.2 Å². The van der Waals surface area contributed by atoms with Crippen molar-refractivity contribution in [3.8, 4) is 45.5 Å². The lowest BCUT2D eigenvalue weighted by Gasteiger charge is -2.14. The zero-order valence-corrected chi connectivity index (χ0v) is 28.9. The third-order valence-electron chi connectivity index (χ3n) is 9.76. The Hall–Kier alpha value is -7.83. The van der Waals surface area contributed by atoms with Crippen molar-refractivity contribution in [3.05, 3.63) is 188 Å². The fourth-order valence-electron chi connectivity index (χ4n) is 7.46. The van der Waals surface area contributed by atoms with E-state index in [1.807, 2.05) is 0 Å². The van der Waals surface area contributed by atoms with E-state index in [9.17, 15) is 2.74 Å². The third kappa shape index (κ3) is 4.81. The molecule has 0 amide bonds. The highest BCUT2D eigenvalue weighted by atomic mass is 16.3. The molecular weight excluding hydrogens is 699 g/mol. The molecule has 0 fully saturated rings. The lowest BCUT2D eigenvalue weighted by Crippen LogP contribution is -2.07. The second-order valence-corrected chi connectivity index (χ2v) is 12.8. The molecule has 0 saturated carbocycles. The summed E-state index contributed by atoms with van der Waals surface area (Å²) in [5, 5.41) is 1.39. The van der Waals surface area contributed by atoms with Crippen LogP contribution in [0.25, 0.3) is 111 Å². The maximum atomic E-state index is 10.2. The van der Waals surface area contributed by atoms with Gasteiger partial charge < -0.3 is 8.98 Å². The predicted molar refractivity (Wildman–Crippen MR) is 232 cm³/mol. The van der Waals surface area contributed by atoms with Crippen molar-refractivity contribution >= 4 is 65.6 Å². The van der Waals surface area contributed by atoms with Gasteiger partial charge in [0.2, 0.25) is 5.95 Å². The number of benzene rings is 8. The molecule has 266 valence electrons. The van der Waals surface area contributed by atoms with Crippen LogP contribution in [0.2, 0.25) is 0 Å². The number of fused-ring (bicyclic) bond motifs is 10. The van der Waals surface area contributed by atoms with Gasteiger partial charge in [-0.1, -0.05) is 157 Å². The van der Waals surface area contributed by atoms with Crippen LogP contribution < -0.4 is 0 Å². The van der Waals surface area contributed by atoms with Gasteiger partial charge in [-0.05, 0) is 35.8 Å². The average molecular weight is 751 g/mol. The molecule has 6 nitrogen and oxygen atoms in total. The molecular formula is C51H31N5O. The van der Waals surface area contributed by atoms with Crippen molar-refractivity contribution < 1.29 is 33.2 Å². The zero-order valence-electron chi connectivity index (χ0n) is 49.9. The monoisotopic (exact) mass is 750 g/mol. The Bertz CT molecular complexity index is 4600. The van der Waals surface area contributed by atoms with Gasteiger partial charge in [0, 0.05) is 54.7 Å². The Kier molecular flexibility index (Phi) is 3.75. The number of aromatic nitrogens is 5. The van der Waals surface area contributed by atoms with E-state index in [0.717, 1.165) is 0 Å². The van der Waals surface area contributed by atoms with Crippen molar-refractivity contribution in [2.24, 2.45) is 0 Å². The van der Waals surface area contributed by atoms with Crippen molar-refractivity contribution in [2.75, 3.05) is 0 Å². The SMILES string of the molecule is [2H]c1c([2H])c([2H])c(-c2nc(-c3c([2H])c([2H])c([2H])c([2H])c3[2H])nc(-n3c4ccccc4c4ccc5c6ccccc6n(-c6c([2H])c(-c7c([2H])c([2H])c([2H])c([2H])c7[2H])c7oc8c([2H])c([2H])c([2H])c([2H])c8c7c6[2H])c5c43)n2)c([2H])c1[2H]. The summed E-state index contributed by atoms with van der Waals surface area (Å²) in [6.07, 6.45) is 0. The summed E-state index contributed by atoms with van der Waals surface area (Å²) < 4.78 is 196. The van der Waals surface area contributed by atoms with E-state index in [1.165, 1.54) is 9.13 Å². The minimum atomic E-state index is -0.776. The third-order valence-corrected chi connectivity index (χ3v) is 9.76. The highest BCUT2D eigenvalue weighted by molar-refractivity contribution is 6.24. The largest absolute Gasteiger partial charge is 0.455 e. The van der Waals surface area contributed by atoms with E-state index in [4.69, 9.17) is 40.4 Å².